The van der Waals surface area contributed by atoms with Crippen molar-refractivity contribution in [1.29, 1.82) is 0 Å². The van der Waals surface area contributed by atoms with E-state index in [1.54, 1.807) is 24.8 Å². The molecule has 0 atom stereocenters. The highest BCUT2D eigenvalue weighted by atomic mass is 16.2. The Hall–Kier alpha value is -9.18. The number of hydrogen-bond donors (Lipinski definition) is 8. The highest BCUT2D eigenvalue weighted by molar-refractivity contribution is 6.07. The molecule has 2 amide bonds. The Labute approximate surface area is 436 Å². The summed E-state index contributed by atoms with van der Waals surface area (Å²) in [4.78, 5) is 58.1. The molecule has 10 N–H and O–H groups in total. The third-order valence-electron chi connectivity index (χ3n) is 16.0. The molecule has 0 aliphatic heterocycles. The van der Waals surface area contributed by atoms with E-state index in [-0.39, 0.29) is 11.8 Å². The van der Waals surface area contributed by atoms with Gasteiger partial charge in [-0.15, -0.1) is 0 Å². The molecule has 0 radical (unpaired) electrons. The van der Waals surface area contributed by atoms with Crippen molar-refractivity contribution < 1.29 is 9.59 Å². The molecule has 2 aliphatic carbocycles. The van der Waals surface area contributed by atoms with E-state index >= 15 is 0 Å². The Morgan fingerprint density at radius 2 is 0.921 bits per heavy atom. The number of anilines is 2. The average molecular weight is 1010 g/mol. The molecule has 14 rings (SSSR count). The highest BCUT2D eigenvalue weighted by Crippen LogP contribution is 2.41. The van der Waals surface area contributed by atoms with Crippen molar-refractivity contribution in [3.8, 4) is 22.8 Å². The highest BCUT2D eigenvalue weighted by Gasteiger charge is 2.30. The standard InChI is InChI=1S/2C30H29N7O/c2*31-28-27-26(25-15-20-5-1-3-7-23(20)35-25)36-29(37(27)14-13-32-28)19-11-9-18(10-12-19)16-34-30(38)22-17-33-24-8-4-2-6-21(22)24/h2*1-8,13-15,17-19,33,35H,9-12,16H2,(H2,31,32)(H,34,38). The first-order chi connectivity index (χ1) is 37.3. The number of hydrogen-bond acceptors (Lipinski definition) is 8. The number of aromatic nitrogens is 10. The molecule has 0 bridgehead atoms. The first kappa shape index (κ1) is 46.6. The van der Waals surface area contributed by atoms with Gasteiger partial charge in [-0.1, -0.05) is 72.8 Å². The number of nitrogens with two attached hydrogens (primary N) is 2. The van der Waals surface area contributed by atoms with Gasteiger partial charge < -0.3 is 42.0 Å². The SMILES string of the molecule is Nc1nccn2c(C3CCC(CNC(=O)c4c[nH]c5ccccc45)CC3)nc(-c3cc4ccccc4[nH]3)c12.Nc1nccn2c(C3CCC(CNC(=O)c4c[nH]c5ccccc45)CC3)nc(-c3cc4ccccc4[nH]3)c12. The summed E-state index contributed by atoms with van der Waals surface area (Å²) < 4.78 is 4.24. The lowest BCUT2D eigenvalue weighted by molar-refractivity contribution is 0.0936. The van der Waals surface area contributed by atoms with Gasteiger partial charge in [-0.05, 0) is 99.6 Å². The Morgan fingerprint density at radius 3 is 1.34 bits per heavy atom. The van der Waals surface area contributed by atoms with E-state index < -0.39 is 0 Å². The average Bonchev–Trinajstić information content (AvgIpc) is 4.34. The van der Waals surface area contributed by atoms with Gasteiger partial charge in [0.2, 0.25) is 0 Å². The summed E-state index contributed by atoms with van der Waals surface area (Å²) in [6, 6.07) is 36.5. The van der Waals surface area contributed by atoms with Gasteiger partial charge in [0.25, 0.3) is 11.8 Å². The molecule has 2 saturated carbocycles. The molecule has 8 heterocycles. The molecule has 0 spiro atoms. The van der Waals surface area contributed by atoms with Crippen LogP contribution in [0.1, 0.15) is 95.6 Å². The molecule has 2 aliphatic rings. The topological polar surface area (TPSA) is 234 Å². The van der Waals surface area contributed by atoms with Crippen molar-refractivity contribution in [2.75, 3.05) is 24.6 Å². The van der Waals surface area contributed by atoms with Crippen molar-refractivity contribution in [3.05, 3.63) is 169 Å². The first-order valence-electron chi connectivity index (χ1n) is 26.4. The van der Waals surface area contributed by atoms with E-state index in [4.69, 9.17) is 21.4 Å². The molecule has 16 heteroatoms. The van der Waals surface area contributed by atoms with Gasteiger partial charge in [0, 0.05) is 106 Å². The van der Waals surface area contributed by atoms with E-state index in [2.05, 4.69) is 85.7 Å². The minimum Gasteiger partial charge on any atom is -0.382 e. The number of fused-ring (bicyclic) bond motifs is 6. The molecule has 2 fully saturated rings. The number of aromatic amines is 4. The Bertz CT molecular complexity index is 3770. The van der Waals surface area contributed by atoms with Gasteiger partial charge in [0.05, 0.1) is 22.5 Å². The van der Waals surface area contributed by atoms with E-state index in [1.807, 2.05) is 85.2 Å². The zero-order valence-electron chi connectivity index (χ0n) is 41.9. The molecule has 16 nitrogen and oxygen atoms in total. The monoisotopic (exact) mass is 1010 g/mol. The van der Waals surface area contributed by atoms with Crippen molar-refractivity contribution >= 4 is 78.1 Å². The lowest BCUT2D eigenvalue weighted by Gasteiger charge is -2.28. The largest absolute Gasteiger partial charge is 0.382 e. The van der Waals surface area contributed by atoms with Crippen molar-refractivity contribution in [2.24, 2.45) is 11.8 Å². The molecule has 76 heavy (non-hydrogen) atoms. The van der Waals surface area contributed by atoms with Crippen molar-refractivity contribution in [3.63, 3.8) is 0 Å². The zero-order valence-corrected chi connectivity index (χ0v) is 41.9. The van der Waals surface area contributed by atoms with Crippen LogP contribution < -0.4 is 22.1 Å². The third kappa shape index (κ3) is 8.64. The maximum Gasteiger partial charge on any atom is 0.253 e. The summed E-state index contributed by atoms with van der Waals surface area (Å²) in [6.07, 6.45) is 19.2. The summed E-state index contributed by atoms with van der Waals surface area (Å²) >= 11 is 0. The number of carbonyl (C=O) groups excluding carboxylic acids is 2. The van der Waals surface area contributed by atoms with Crippen LogP contribution in [0.4, 0.5) is 11.6 Å². The summed E-state index contributed by atoms with van der Waals surface area (Å²) in [7, 11) is 0. The number of nitrogen functional groups attached to an aromatic ring is 2. The molecule has 0 saturated heterocycles. The lowest BCUT2D eigenvalue weighted by atomic mass is 9.81. The van der Waals surface area contributed by atoms with Gasteiger partial charge in [-0.25, -0.2) is 19.9 Å². The maximum absolute atomic E-state index is 12.9. The quantitative estimate of drug-likeness (QED) is 0.0655. The Morgan fingerprint density at radius 1 is 0.526 bits per heavy atom. The van der Waals surface area contributed by atoms with Crippen LogP contribution in [0.3, 0.4) is 0 Å². The summed E-state index contributed by atoms with van der Waals surface area (Å²) in [6.45, 7) is 1.37. The number of para-hydroxylation sites is 4. The fraction of sp³-hybridized carbons (Fsp3) is 0.233. The molecule has 4 aromatic carbocycles. The van der Waals surface area contributed by atoms with Gasteiger partial charge >= 0.3 is 0 Å². The molecular formula is C60H58N14O2. The molecule has 8 aromatic heterocycles. The number of H-pyrrole nitrogens is 4. The number of nitrogens with zero attached hydrogens (tertiary/aromatic N) is 6. The molecular weight excluding hydrogens is 949 g/mol. The fourth-order valence-corrected chi connectivity index (χ4v) is 12.0. The fourth-order valence-electron chi connectivity index (χ4n) is 12.0. The molecule has 0 unspecified atom stereocenters. The van der Waals surface area contributed by atoms with E-state index in [0.717, 1.165) is 140 Å². The van der Waals surface area contributed by atoms with E-state index in [0.29, 0.717) is 59.5 Å². The van der Waals surface area contributed by atoms with E-state index in [1.165, 1.54) is 0 Å². The van der Waals surface area contributed by atoms with Crippen LogP contribution in [0.5, 0.6) is 0 Å². The molecule has 380 valence electrons. The summed E-state index contributed by atoms with van der Waals surface area (Å²) in [5, 5.41) is 10.5. The summed E-state index contributed by atoms with van der Waals surface area (Å²) in [5.41, 5.74) is 23.5. The van der Waals surface area contributed by atoms with Crippen molar-refractivity contribution in [2.45, 2.75) is 63.2 Å². The first-order valence-corrected chi connectivity index (χ1v) is 26.4. The predicted molar refractivity (Wildman–Crippen MR) is 300 cm³/mol. The number of benzene rings is 4. The lowest BCUT2D eigenvalue weighted by Crippen LogP contribution is -2.31. The number of rotatable bonds is 10. The maximum atomic E-state index is 12.9. The normalized spacial score (nSPS) is 17.9. The number of nitrogens with one attached hydrogen (secondary N) is 6. The zero-order chi connectivity index (χ0) is 51.3. The van der Waals surface area contributed by atoms with Crippen LogP contribution in [-0.4, -0.2) is 73.6 Å². The van der Waals surface area contributed by atoms with Crippen LogP contribution in [0.15, 0.2) is 146 Å². The summed E-state index contributed by atoms with van der Waals surface area (Å²) in [5.74, 6) is 4.53. The number of imidazole rings is 2. The van der Waals surface area contributed by atoms with Crippen LogP contribution in [-0.2, 0) is 0 Å². The van der Waals surface area contributed by atoms with Gasteiger partial charge in [0.1, 0.15) is 45.7 Å². The van der Waals surface area contributed by atoms with Gasteiger partial charge in [-0.3, -0.25) is 18.4 Å². The second-order valence-electron chi connectivity index (χ2n) is 20.6. The smallest absolute Gasteiger partial charge is 0.253 e. The molecule has 12 aromatic rings. The minimum atomic E-state index is -0.0187. The second-order valence-corrected chi connectivity index (χ2v) is 20.6. The number of carbonyl (C=O) groups is 2. The van der Waals surface area contributed by atoms with Crippen LogP contribution in [0.2, 0.25) is 0 Å². The van der Waals surface area contributed by atoms with E-state index in [9.17, 15) is 9.59 Å². The van der Waals surface area contributed by atoms with Crippen LogP contribution in [0, 0.1) is 11.8 Å². The Kier molecular flexibility index (Phi) is 12.0. The van der Waals surface area contributed by atoms with Crippen molar-refractivity contribution in [1.82, 2.24) is 59.3 Å². The Balaban J connectivity index is 0.000000146. The predicted octanol–water partition coefficient (Wildman–Crippen LogP) is 11.3. The second kappa shape index (κ2) is 19.6. The van der Waals surface area contributed by atoms with Crippen LogP contribution >= 0.6 is 0 Å². The van der Waals surface area contributed by atoms with Gasteiger partial charge in [-0.2, -0.15) is 0 Å². The van der Waals surface area contributed by atoms with Gasteiger partial charge in [0.15, 0.2) is 0 Å². The minimum absolute atomic E-state index is 0.0187. The number of amides is 2. The third-order valence-corrected chi connectivity index (χ3v) is 16.0. The van der Waals surface area contributed by atoms with Crippen LogP contribution in [0.25, 0.3) is 77.4 Å².